The minimum Gasteiger partial charge on any atom is -0.507 e. The van der Waals surface area contributed by atoms with Gasteiger partial charge in [-0.1, -0.05) is 29.8 Å². The molecule has 2 aliphatic rings. The van der Waals surface area contributed by atoms with E-state index in [-0.39, 0.29) is 17.4 Å². The lowest BCUT2D eigenvalue weighted by Gasteiger charge is -2.27. The average molecular weight is 407 g/mol. The van der Waals surface area contributed by atoms with Gasteiger partial charge in [0.2, 0.25) is 0 Å². The maximum absolute atomic E-state index is 13.0. The molecule has 0 bridgehead atoms. The molecular formula is C24H25NO5. The molecule has 0 unspecified atom stereocenters. The van der Waals surface area contributed by atoms with Gasteiger partial charge in [0.25, 0.3) is 11.7 Å². The van der Waals surface area contributed by atoms with Gasteiger partial charge in [-0.3, -0.25) is 9.59 Å². The molecule has 30 heavy (non-hydrogen) atoms. The van der Waals surface area contributed by atoms with Gasteiger partial charge < -0.3 is 19.5 Å². The maximum Gasteiger partial charge on any atom is 0.295 e. The number of aryl methyl sites for hydroxylation is 1. The molecule has 0 radical (unpaired) electrons. The highest BCUT2D eigenvalue weighted by molar-refractivity contribution is 6.46. The lowest BCUT2D eigenvalue weighted by Crippen LogP contribution is -2.36. The Labute approximate surface area is 175 Å². The van der Waals surface area contributed by atoms with E-state index in [0.29, 0.717) is 24.5 Å². The molecule has 2 aromatic rings. The molecule has 6 nitrogen and oxygen atoms in total. The van der Waals surface area contributed by atoms with Crippen LogP contribution in [0.1, 0.15) is 35.6 Å². The monoisotopic (exact) mass is 407 g/mol. The van der Waals surface area contributed by atoms with E-state index in [1.807, 2.05) is 31.2 Å². The third-order valence-electron chi connectivity index (χ3n) is 5.72. The number of nitrogens with zero attached hydrogens (tertiary/aromatic N) is 1. The number of likely N-dealkylation sites (tertiary alicyclic amines) is 1. The summed E-state index contributed by atoms with van der Waals surface area (Å²) in [7, 11) is 1.56. The second-order valence-electron chi connectivity index (χ2n) is 7.73. The average Bonchev–Trinajstić information content (AvgIpc) is 3.36. The van der Waals surface area contributed by atoms with Crippen LogP contribution in [0.4, 0.5) is 0 Å². The van der Waals surface area contributed by atoms with Gasteiger partial charge >= 0.3 is 0 Å². The van der Waals surface area contributed by atoms with Crippen molar-refractivity contribution in [3.8, 4) is 5.75 Å². The minimum absolute atomic E-state index is 0.0998. The van der Waals surface area contributed by atoms with Crippen LogP contribution in [-0.4, -0.2) is 48.1 Å². The van der Waals surface area contributed by atoms with Crippen LogP contribution in [0.5, 0.6) is 5.75 Å². The molecule has 2 atom stereocenters. The van der Waals surface area contributed by atoms with Crippen molar-refractivity contribution in [3.63, 3.8) is 0 Å². The standard InChI is InChI=1S/C24H25NO5/c1-15-5-7-16(8-6-15)21-20(22(26)17-9-11-18(29-2)12-10-17)23(27)24(28)25(21)14-19-4-3-13-30-19/h5-12,19,21,26H,3-4,13-14H2,1-2H3/b22-20+/t19-,21-/m1/s1. The SMILES string of the molecule is COc1ccc(/C(O)=C2\C(=O)C(=O)N(C[C@H]3CCCO3)[C@@H]2c2ccc(C)cc2)cc1. The summed E-state index contributed by atoms with van der Waals surface area (Å²) in [5, 5.41) is 11.0. The van der Waals surface area contributed by atoms with E-state index in [9.17, 15) is 14.7 Å². The van der Waals surface area contributed by atoms with E-state index < -0.39 is 17.7 Å². The number of aliphatic hydroxyl groups is 1. The van der Waals surface area contributed by atoms with Crippen LogP contribution in [0.3, 0.4) is 0 Å². The summed E-state index contributed by atoms with van der Waals surface area (Å²) in [6.07, 6.45) is 1.69. The van der Waals surface area contributed by atoms with Gasteiger partial charge in [-0.05, 0) is 49.6 Å². The van der Waals surface area contributed by atoms with Gasteiger partial charge in [0, 0.05) is 18.7 Å². The van der Waals surface area contributed by atoms with Crippen molar-refractivity contribution in [2.45, 2.75) is 31.9 Å². The number of carbonyl (C=O) groups is 2. The fourth-order valence-corrected chi connectivity index (χ4v) is 4.08. The van der Waals surface area contributed by atoms with E-state index >= 15 is 0 Å². The molecule has 0 aromatic heterocycles. The number of ketones is 1. The summed E-state index contributed by atoms with van der Waals surface area (Å²) >= 11 is 0. The Morgan fingerprint density at radius 1 is 1.13 bits per heavy atom. The van der Waals surface area contributed by atoms with Crippen molar-refractivity contribution >= 4 is 17.4 Å². The number of Topliss-reactive ketones (excluding diaryl/α,β-unsaturated/α-hetero) is 1. The van der Waals surface area contributed by atoms with E-state index in [0.717, 1.165) is 24.0 Å². The number of hydrogen-bond donors (Lipinski definition) is 1. The number of ether oxygens (including phenoxy) is 2. The highest BCUT2D eigenvalue weighted by atomic mass is 16.5. The van der Waals surface area contributed by atoms with Crippen LogP contribution in [-0.2, 0) is 14.3 Å². The highest BCUT2D eigenvalue weighted by Gasteiger charge is 2.47. The summed E-state index contributed by atoms with van der Waals surface area (Å²) in [5.74, 6) is -0.824. The Morgan fingerprint density at radius 2 is 1.83 bits per heavy atom. The van der Waals surface area contributed by atoms with E-state index in [1.54, 1.807) is 31.4 Å². The summed E-state index contributed by atoms with van der Waals surface area (Å²) in [6, 6.07) is 13.8. The second kappa shape index (κ2) is 8.32. The number of hydrogen-bond acceptors (Lipinski definition) is 5. The molecule has 1 N–H and O–H groups in total. The summed E-state index contributed by atoms with van der Waals surface area (Å²) < 4.78 is 10.9. The summed E-state index contributed by atoms with van der Waals surface area (Å²) in [4.78, 5) is 27.5. The zero-order valence-electron chi connectivity index (χ0n) is 17.1. The first-order valence-electron chi connectivity index (χ1n) is 10.1. The third kappa shape index (κ3) is 3.71. The zero-order chi connectivity index (χ0) is 21.3. The first-order valence-corrected chi connectivity index (χ1v) is 10.1. The molecule has 4 rings (SSSR count). The number of rotatable bonds is 5. The zero-order valence-corrected chi connectivity index (χ0v) is 17.1. The van der Waals surface area contributed by atoms with Crippen LogP contribution in [0.2, 0.25) is 0 Å². The quantitative estimate of drug-likeness (QED) is 0.466. The van der Waals surface area contributed by atoms with E-state index in [4.69, 9.17) is 9.47 Å². The smallest absolute Gasteiger partial charge is 0.295 e. The van der Waals surface area contributed by atoms with Crippen molar-refractivity contribution in [1.29, 1.82) is 0 Å². The molecular weight excluding hydrogens is 382 g/mol. The van der Waals surface area contributed by atoms with Crippen LogP contribution >= 0.6 is 0 Å². The molecule has 1 amide bonds. The van der Waals surface area contributed by atoms with Crippen molar-refractivity contribution < 1.29 is 24.2 Å². The van der Waals surface area contributed by atoms with Gasteiger partial charge in [0.1, 0.15) is 11.5 Å². The van der Waals surface area contributed by atoms with Gasteiger partial charge in [0.15, 0.2) is 0 Å². The van der Waals surface area contributed by atoms with Crippen molar-refractivity contribution in [1.82, 2.24) is 4.90 Å². The molecule has 0 saturated carbocycles. The predicted octanol–water partition coefficient (Wildman–Crippen LogP) is 3.60. The fourth-order valence-electron chi connectivity index (χ4n) is 4.08. The number of aliphatic hydroxyl groups excluding tert-OH is 1. The molecule has 6 heteroatoms. The number of amides is 1. The molecule has 156 valence electrons. The van der Waals surface area contributed by atoms with Gasteiger partial charge in [0.05, 0.1) is 24.8 Å². The molecule has 0 spiro atoms. The van der Waals surface area contributed by atoms with Crippen LogP contribution in [0, 0.1) is 6.92 Å². The second-order valence-corrected chi connectivity index (χ2v) is 7.73. The molecule has 2 aromatic carbocycles. The van der Waals surface area contributed by atoms with Gasteiger partial charge in [-0.15, -0.1) is 0 Å². The van der Waals surface area contributed by atoms with Crippen molar-refractivity contribution in [2.24, 2.45) is 0 Å². The number of benzene rings is 2. The van der Waals surface area contributed by atoms with Crippen LogP contribution < -0.4 is 4.74 Å². The van der Waals surface area contributed by atoms with E-state index in [1.165, 1.54) is 4.90 Å². The van der Waals surface area contributed by atoms with Gasteiger partial charge in [-0.2, -0.15) is 0 Å². The van der Waals surface area contributed by atoms with Gasteiger partial charge in [-0.25, -0.2) is 0 Å². The molecule has 2 heterocycles. The Balaban J connectivity index is 1.80. The summed E-state index contributed by atoms with van der Waals surface area (Å²) in [5.41, 5.74) is 2.42. The Kier molecular flexibility index (Phi) is 5.59. The largest absolute Gasteiger partial charge is 0.507 e. The number of carbonyl (C=O) groups excluding carboxylic acids is 2. The van der Waals surface area contributed by atoms with E-state index in [2.05, 4.69) is 0 Å². The topological polar surface area (TPSA) is 76.1 Å². The molecule has 2 aliphatic heterocycles. The van der Waals surface area contributed by atoms with Crippen LogP contribution in [0.25, 0.3) is 5.76 Å². The molecule has 2 saturated heterocycles. The van der Waals surface area contributed by atoms with Crippen LogP contribution in [0.15, 0.2) is 54.1 Å². The third-order valence-corrected chi connectivity index (χ3v) is 5.72. The predicted molar refractivity (Wildman–Crippen MR) is 112 cm³/mol. The fraction of sp³-hybridized carbons (Fsp3) is 0.333. The lowest BCUT2D eigenvalue weighted by atomic mass is 9.94. The first kappa shape index (κ1) is 20.2. The Hall–Kier alpha value is -3.12. The number of methoxy groups -OCH3 is 1. The first-order chi connectivity index (χ1) is 14.5. The normalized spacial score (nSPS) is 23.2. The lowest BCUT2D eigenvalue weighted by molar-refractivity contribution is -0.140. The summed E-state index contributed by atoms with van der Waals surface area (Å²) in [6.45, 7) is 2.96. The minimum atomic E-state index is -0.674. The molecule has 0 aliphatic carbocycles. The molecule has 2 fully saturated rings. The van der Waals surface area contributed by atoms with Crippen molar-refractivity contribution in [3.05, 3.63) is 70.8 Å². The Bertz CT molecular complexity index is 972. The Morgan fingerprint density at radius 3 is 2.43 bits per heavy atom. The van der Waals surface area contributed by atoms with Crippen molar-refractivity contribution in [2.75, 3.05) is 20.3 Å². The highest BCUT2D eigenvalue weighted by Crippen LogP contribution is 2.40. The maximum atomic E-state index is 13.0.